The maximum atomic E-state index is 11.4. The first kappa shape index (κ1) is 7.97. The molecule has 0 bridgehead atoms. The summed E-state index contributed by atoms with van der Waals surface area (Å²) >= 11 is 0. The van der Waals surface area contributed by atoms with E-state index in [0.29, 0.717) is 17.6 Å². The molecule has 0 spiro atoms. The smallest absolute Gasteiger partial charge is 0.271 e. The SMILES string of the molecule is Nc1cnc(C(=O)NC2CC2)cn1. The zero-order chi connectivity index (χ0) is 9.26. The zero-order valence-corrected chi connectivity index (χ0v) is 7.03. The van der Waals surface area contributed by atoms with Crippen LogP contribution in [0.5, 0.6) is 0 Å². The maximum absolute atomic E-state index is 11.4. The first-order valence-electron chi connectivity index (χ1n) is 4.14. The summed E-state index contributed by atoms with van der Waals surface area (Å²) in [6.07, 6.45) is 4.89. The third kappa shape index (κ3) is 1.93. The van der Waals surface area contributed by atoms with Crippen LogP contribution in [-0.4, -0.2) is 21.9 Å². The number of carbonyl (C=O) groups is 1. The third-order valence-corrected chi connectivity index (χ3v) is 1.82. The minimum atomic E-state index is -0.171. The molecule has 5 nitrogen and oxygen atoms in total. The number of amides is 1. The second-order valence-electron chi connectivity index (χ2n) is 3.07. The molecule has 1 aliphatic rings. The summed E-state index contributed by atoms with van der Waals surface area (Å²) in [4.78, 5) is 19.0. The summed E-state index contributed by atoms with van der Waals surface area (Å²) in [5, 5.41) is 2.81. The normalized spacial score (nSPS) is 15.4. The van der Waals surface area contributed by atoms with Crippen LogP contribution in [-0.2, 0) is 0 Å². The van der Waals surface area contributed by atoms with E-state index in [1.807, 2.05) is 0 Å². The Morgan fingerprint density at radius 1 is 1.46 bits per heavy atom. The van der Waals surface area contributed by atoms with Crippen molar-refractivity contribution in [1.29, 1.82) is 0 Å². The van der Waals surface area contributed by atoms with E-state index >= 15 is 0 Å². The molecule has 0 aliphatic heterocycles. The van der Waals surface area contributed by atoms with Crippen molar-refractivity contribution >= 4 is 11.7 Å². The number of rotatable bonds is 2. The van der Waals surface area contributed by atoms with E-state index in [0.717, 1.165) is 12.8 Å². The first-order chi connectivity index (χ1) is 6.25. The van der Waals surface area contributed by atoms with Crippen molar-refractivity contribution in [3.05, 3.63) is 18.1 Å². The molecular formula is C8H10N4O. The van der Waals surface area contributed by atoms with E-state index in [4.69, 9.17) is 5.73 Å². The van der Waals surface area contributed by atoms with Gasteiger partial charge in [-0.15, -0.1) is 0 Å². The van der Waals surface area contributed by atoms with Gasteiger partial charge in [0.15, 0.2) is 0 Å². The van der Waals surface area contributed by atoms with Gasteiger partial charge in [0.05, 0.1) is 12.4 Å². The molecule has 13 heavy (non-hydrogen) atoms. The highest BCUT2D eigenvalue weighted by Gasteiger charge is 2.24. The van der Waals surface area contributed by atoms with Crippen molar-refractivity contribution < 1.29 is 4.79 Å². The summed E-state index contributed by atoms with van der Waals surface area (Å²) in [6.45, 7) is 0. The Labute approximate surface area is 75.4 Å². The van der Waals surface area contributed by atoms with Gasteiger partial charge in [0.25, 0.3) is 5.91 Å². The summed E-state index contributed by atoms with van der Waals surface area (Å²) in [5.74, 6) is 0.151. The molecule has 3 N–H and O–H groups in total. The summed E-state index contributed by atoms with van der Waals surface area (Å²) in [6, 6.07) is 0.340. The molecule has 0 radical (unpaired) electrons. The lowest BCUT2D eigenvalue weighted by Crippen LogP contribution is -2.26. The van der Waals surface area contributed by atoms with Crippen molar-refractivity contribution in [2.24, 2.45) is 0 Å². The van der Waals surface area contributed by atoms with Crippen LogP contribution in [0, 0.1) is 0 Å². The van der Waals surface area contributed by atoms with Crippen LogP contribution in [0.15, 0.2) is 12.4 Å². The van der Waals surface area contributed by atoms with Crippen LogP contribution in [0.1, 0.15) is 23.3 Å². The molecule has 0 aromatic carbocycles. The third-order valence-electron chi connectivity index (χ3n) is 1.82. The molecule has 5 heteroatoms. The van der Waals surface area contributed by atoms with Crippen LogP contribution in [0.25, 0.3) is 0 Å². The van der Waals surface area contributed by atoms with E-state index in [1.54, 1.807) is 0 Å². The number of nitrogens with one attached hydrogen (secondary N) is 1. The zero-order valence-electron chi connectivity index (χ0n) is 7.03. The molecule has 1 fully saturated rings. The summed E-state index contributed by atoms with van der Waals surface area (Å²) in [7, 11) is 0. The molecule has 1 aromatic heterocycles. The number of carbonyl (C=O) groups excluding carboxylic acids is 1. The average Bonchev–Trinajstić information content (AvgIpc) is 2.89. The molecular weight excluding hydrogens is 168 g/mol. The predicted molar refractivity (Wildman–Crippen MR) is 46.9 cm³/mol. The second-order valence-corrected chi connectivity index (χ2v) is 3.07. The van der Waals surface area contributed by atoms with E-state index in [9.17, 15) is 4.79 Å². The van der Waals surface area contributed by atoms with Crippen molar-refractivity contribution in [1.82, 2.24) is 15.3 Å². The van der Waals surface area contributed by atoms with Crippen molar-refractivity contribution in [2.75, 3.05) is 5.73 Å². The van der Waals surface area contributed by atoms with E-state index < -0.39 is 0 Å². The van der Waals surface area contributed by atoms with Gasteiger partial charge in [0.2, 0.25) is 0 Å². The Hall–Kier alpha value is -1.65. The molecule has 1 aliphatic carbocycles. The Kier molecular flexibility index (Phi) is 1.84. The van der Waals surface area contributed by atoms with E-state index in [2.05, 4.69) is 15.3 Å². The molecule has 1 saturated carbocycles. The molecule has 1 heterocycles. The Morgan fingerprint density at radius 3 is 2.77 bits per heavy atom. The van der Waals surface area contributed by atoms with Gasteiger partial charge in [0, 0.05) is 6.04 Å². The van der Waals surface area contributed by atoms with Crippen LogP contribution in [0.4, 0.5) is 5.82 Å². The minimum Gasteiger partial charge on any atom is -0.382 e. The number of nitrogens with zero attached hydrogens (tertiary/aromatic N) is 2. The minimum absolute atomic E-state index is 0.171. The molecule has 1 aromatic rings. The molecule has 0 unspecified atom stereocenters. The van der Waals surface area contributed by atoms with E-state index in [-0.39, 0.29) is 5.91 Å². The highest BCUT2D eigenvalue weighted by atomic mass is 16.2. The average molecular weight is 178 g/mol. The summed E-state index contributed by atoms with van der Waals surface area (Å²) in [5.41, 5.74) is 5.66. The van der Waals surface area contributed by atoms with Gasteiger partial charge < -0.3 is 11.1 Å². The van der Waals surface area contributed by atoms with Crippen LogP contribution in [0.3, 0.4) is 0 Å². The Morgan fingerprint density at radius 2 is 2.23 bits per heavy atom. The van der Waals surface area contributed by atoms with Gasteiger partial charge in [-0.3, -0.25) is 4.79 Å². The van der Waals surface area contributed by atoms with Gasteiger partial charge >= 0.3 is 0 Å². The van der Waals surface area contributed by atoms with Gasteiger partial charge in [-0.2, -0.15) is 0 Å². The quantitative estimate of drug-likeness (QED) is 0.665. The van der Waals surface area contributed by atoms with Crippen LogP contribution in [0.2, 0.25) is 0 Å². The standard InChI is InChI=1S/C8H10N4O/c9-7-4-10-6(3-11-7)8(13)12-5-1-2-5/h3-5H,1-2H2,(H2,9,11)(H,12,13). The van der Waals surface area contributed by atoms with Crippen LogP contribution < -0.4 is 11.1 Å². The van der Waals surface area contributed by atoms with Crippen molar-refractivity contribution in [2.45, 2.75) is 18.9 Å². The number of nitrogen functional groups attached to an aromatic ring is 1. The topological polar surface area (TPSA) is 80.9 Å². The number of hydrogen-bond donors (Lipinski definition) is 2. The number of hydrogen-bond acceptors (Lipinski definition) is 4. The number of anilines is 1. The molecule has 0 saturated heterocycles. The molecule has 1 amide bonds. The summed E-state index contributed by atoms with van der Waals surface area (Å²) < 4.78 is 0. The monoisotopic (exact) mass is 178 g/mol. The highest BCUT2D eigenvalue weighted by Crippen LogP contribution is 2.18. The molecule has 68 valence electrons. The fourth-order valence-electron chi connectivity index (χ4n) is 0.942. The van der Waals surface area contributed by atoms with E-state index in [1.165, 1.54) is 12.4 Å². The second kappa shape index (κ2) is 3.01. The Bertz CT molecular complexity index is 317. The van der Waals surface area contributed by atoms with Crippen molar-refractivity contribution in [3.8, 4) is 0 Å². The highest BCUT2D eigenvalue weighted by molar-refractivity contribution is 5.92. The van der Waals surface area contributed by atoms with Gasteiger partial charge in [-0.25, -0.2) is 9.97 Å². The maximum Gasteiger partial charge on any atom is 0.271 e. The van der Waals surface area contributed by atoms with Gasteiger partial charge in [0.1, 0.15) is 11.5 Å². The van der Waals surface area contributed by atoms with Crippen molar-refractivity contribution in [3.63, 3.8) is 0 Å². The number of nitrogens with two attached hydrogens (primary N) is 1. The largest absolute Gasteiger partial charge is 0.382 e. The molecule has 0 atom stereocenters. The van der Waals surface area contributed by atoms with Gasteiger partial charge in [-0.1, -0.05) is 0 Å². The lowest BCUT2D eigenvalue weighted by Gasteiger charge is -2.01. The molecule has 2 rings (SSSR count). The first-order valence-corrected chi connectivity index (χ1v) is 4.14. The lowest BCUT2D eigenvalue weighted by atomic mass is 10.4. The lowest BCUT2D eigenvalue weighted by molar-refractivity contribution is 0.0946. The Balaban J connectivity index is 2.05. The van der Waals surface area contributed by atoms with Gasteiger partial charge in [-0.05, 0) is 12.8 Å². The fraction of sp³-hybridized carbons (Fsp3) is 0.375. The fourth-order valence-corrected chi connectivity index (χ4v) is 0.942. The number of aromatic nitrogens is 2. The van der Waals surface area contributed by atoms with Crippen LogP contribution >= 0.6 is 0 Å². The predicted octanol–water partition coefficient (Wildman–Crippen LogP) is -0.0490.